The van der Waals surface area contributed by atoms with Crippen molar-refractivity contribution in [2.45, 2.75) is 31.1 Å². The monoisotopic (exact) mass is 379 g/mol. The number of rotatable bonds is 5. The van der Waals surface area contributed by atoms with E-state index in [4.69, 9.17) is 10.7 Å². The molecule has 1 aromatic rings. The van der Waals surface area contributed by atoms with Crippen molar-refractivity contribution in [2.24, 2.45) is 5.41 Å². The predicted molar refractivity (Wildman–Crippen MR) is 81.5 cm³/mol. The molecular formula is C13H15BrClNO3S. The standard InChI is InChI=1S/C13H15BrClNO3S/c1-2-13(5-6-13)8-16-12(17)9-3-4-10(14)11(7-9)20(15,18)19/h3-4,7H,2,5-6,8H2,1H3,(H,16,17). The van der Waals surface area contributed by atoms with Crippen molar-refractivity contribution in [1.82, 2.24) is 5.32 Å². The third kappa shape index (κ3) is 3.54. The maximum atomic E-state index is 12.1. The quantitative estimate of drug-likeness (QED) is 0.797. The smallest absolute Gasteiger partial charge is 0.262 e. The van der Waals surface area contributed by atoms with Gasteiger partial charge in [-0.05, 0) is 58.8 Å². The lowest BCUT2D eigenvalue weighted by Crippen LogP contribution is -2.30. The van der Waals surface area contributed by atoms with Gasteiger partial charge in [0.25, 0.3) is 15.0 Å². The summed E-state index contributed by atoms with van der Waals surface area (Å²) in [6.45, 7) is 2.73. The molecule has 1 aliphatic carbocycles. The average molecular weight is 381 g/mol. The molecule has 0 unspecified atom stereocenters. The van der Waals surface area contributed by atoms with Crippen LogP contribution in [-0.2, 0) is 9.05 Å². The van der Waals surface area contributed by atoms with E-state index in [1.165, 1.54) is 12.1 Å². The van der Waals surface area contributed by atoms with Gasteiger partial charge in [0.2, 0.25) is 0 Å². The first-order chi connectivity index (χ1) is 9.27. The third-order valence-electron chi connectivity index (χ3n) is 3.79. The molecule has 0 spiro atoms. The number of hydrogen-bond acceptors (Lipinski definition) is 3. The molecular weight excluding hydrogens is 366 g/mol. The SMILES string of the molecule is CCC1(CNC(=O)c2ccc(Br)c(S(=O)(=O)Cl)c2)CC1. The summed E-state index contributed by atoms with van der Waals surface area (Å²) in [6, 6.07) is 4.36. The first-order valence-electron chi connectivity index (χ1n) is 6.30. The number of benzene rings is 1. The van der Waals surface area contributed by atoms with E-state index >= 15 is 0 Å². The number of carbonyl (C=O) groups is 1. The van der Waals surface area contributed by atoms with Crippen LogP contribution in [0.25, 0.3) is 0 Å². The van der Waals surface area contributed by atoms with Gasteiger partial charge >= 0.3 is 0 Å². The molecule has 1 saturated carbocycles. The van der Waals surface area contributed by atoms with Gasteiger partial charge in [-0.1, -0.05) is 6.92 Å². The Morgan fingerprint density at radius 1 is 1.45 bits per heavy atom. The second-order valence-corrected chi connectivity index (χ2v) is 8.51. The van der Waals surface area contributed by atoms with E-state index in [2.05, 4.69) is 28.2 Å². The van der Waals surface area contributed by atoms with E-state index in [0.29, 0.717) is 16.6 Å². The fraction of sp³-hybridized carbons (Fsp3) is 0.462. The lowest BCUT2D eigenvalue weighted by molar-refractivity contribution is 0.0944. The molecule has 1 aromatic carbocycles. The van der Waals surface area contributed by atoms with Gasteiger partial charge in [0.05, 0.1) is 4.90 Å². The molecule has 20 heavy (non-hydrogen) atoms. The van der Waals surface area contributed by atoms with Crippen molar-refractivity contribution in [2.75, 3.05) is 6.54 Å². The molecule has 0 atom stereocenters. The Morgan fingerprint density at radius 2 is 2.10 bits per heavy atom. The van der Waals surface area contributed by atoms with Gasteiger partial charge in [-0.25, -0.2) is 8.42 Å². The summed E-state index contributed by atoms with van der Waals surface area (Å²) in [5, 5.41) is 2.86. The fourth-order valence-electron chi connectivity index (χ4n) is 2.03. The minimum Gasteiger partial charge on any atom is -0.351 e. The number of hydrogen-bond donors (Lipinski definition) is 1. The third-order valence-corrected chi connectivity index (χ3v) is 6.10. The van der Waals surface area contributed by atoms with Crippen LogP contribution in [-0.4, -0.2) is 20.9 Å². The number of halogens is 2. The van der Waals surface area contributed by atoms with Crippen LogP contribution in [0.4, 0.5) is 0 Å². The van der Waals surface area contributed by atoms with E-state index < -0.39 is 9.05 Å². The molecule has 7 heteroatoms. The summed E-state index contributed by atoms with van der Waals surface area (Å²) in [5.74, 6) is -0.279. The van der Waals surface area contributed by atoms with Crippen LogP contribution in [0, 0.1) is 5.41 Å². The maximum absolute atomic E-state index is 12.1. The molecule has 1 aliphatic rings. The van der Waals surface area contributed by atoms with Crippen molar-refractivity contribution in [3.63, 3.8) is 0 Å². The van der Waals surface area contributed by atoms with Crippen molar-refractivity contribution >= 4 is 41.6 Å². The first kappa shape index (κ1) is 15.8. The zero-order valence-electron chi connectivity index (χ0n) is 10.9. The summed E-state index contributed by atoms with van der Waals surface area (Å²) in [4.78, 5) is 12.0. The predicted octanol–water partition coefficient (Wildman–Crippen LogP) is 3.30. The molecule has 2 rings (SSSR count). The zero-order valence-corrected chi connectivity index (χ0v) is 14.1. The molecule has 0 bridgehead atoms. The molecule has 1 amide bonds. The molecule has 1 N–H and O–H groups in total. The van der Waals surface area contributed by atoms with Gasteiger partial charge in [0, 0.05) is 27.3 Å². The van der Waals surface area contributed by atoms with Gasteiger partial charge in [-0.3, -0.25) is 4.79 Å². The van der Waals surface area contributed by atoms with Crippen molar-refractivity contribution in [3.05, 3.63) is 28.2 Å². The molecule has 0 heterocycles. The van der Waals surface area contributed by atoms with Crippen LogP contribution in [0.2, 0.25) is 0 Å². The number of nitrogens with one attached hydrogen (secondary N) is 1. The molecule has 1 fully saturated rings. The largest absolute Gasteiger partial charge is 0.351 e. The summed E-state index contributed by atoms with van der Waals surface area (Å²) in [7, 11) is 1.45. The van der Waals surface area contributed by atoms with E-state index in [1.54, 1.807) is 6.07 Å². The molecule has 110 valence electrons. The van der Waals surface area contributed by atoms with Gasteiger partial charge in [0.1, 0.15) is 0 Å². The molecule has 0 radical (unpaired) electrons. The van der Waals surface area contributed by atoms with Crippen LogP contribution < -0.4 is 5.32 Å². The van der Waals surface area contributed by atoms with E-state index in [9.17, 15) is 13.2 Å². The Balaban J connectivity index is 2.15. The molecule has 0 aliphatic heterocycles. The Labute approximate surface area is 131 Å². The lowest BCUT2D eigenvalue weighted by Gasteiger charge is -2.13. The van der Waals surface area contributed by atoms with Crippen LogP contribution in [0.15, 0.2) is 27.6 Å². The Morgan fingerprint density at radius 3 is 2.60 bits per heavy atom. The highest BCUT2D eigenvalue weighted by Crippen LogP contribution is 2.47. The van der Waals surface area contributed by atoms with E-state index in [0.717, 1.165) is 19.3 Å². The molecule has 4 nitrogen and oxygen atoms in total. The highest BCUT2D eigenvalue weighted by Gasteiger charge is 2.40. The summed E-state index contributed by atoms with van der Waals surface area (Å²) < 4.78 is 23.2. The van der Waals surface area contributed by atoms with Gasteiger partial charge in [-0.2, -0.15) is 0 Å². The Kier molecular flexibility index (Phi) is 4.47. The summed E-state index contributed by atoms with van der Waals surface area (Å²) in [5.41, 5.74) is 0.534. The lowest BCUT2D eigenvalue weighted by atomic mass is 10.0. The van der Waals surface area contributed by atoms with Crippen molar-refractivity contribution in [3.8, 4) is 0 Å². The maximum Gasteiger partial charge on any atom is 0.262 e. The van der Waals surface area contributed by atoms with Crippen LogP contribution in [0.5, 0.6) is 0 Å². The topological polar surface area (TPSA) is 63.2 Å². The Bertz CT molecular complexity index is 641. The highest BCUT2D eigenvalue weighted by atomic mass is 79.9. The second-order valence-electron chi connectivity index (χ2n) is 5.12. The molecule has 0 aromatic heterocycles. The minimum absolute atomic E-state index is 0.0940. The van der Waals surface area contributed by atoms with Gasteiger partial charge in [-0.15, -0.1) is 0 Å². The number of carbonyl (C=O) groups excluding carboxylic acids is 1. The van der Waals surface area contributed by atoms with Gasteiger partial charge in [0.15, 0.2) is 0 Å². The average Bonchev–Trinajstić information content (AvgIpc) is 3.16. The van der Waals surface area contributed by atoms with Gasteiger partial charge < -0.3 is 5.32 Å². The van der Waals surface area contributed by atoms with Crippen molar-refractivity contribution < 1.29 is 13.2 Å². The van der Waals surface area contributed by atoms with E-state index in [-0.39, 0.29) is 16.2 Å². The molecule has 0 saturated heterocycles. The van der Waals surface area contributed by atoms with Crippen LogP contribution in [0.1, 0.15) is 36.5 Å². The summed E-state index contributed by atoms with van der Waals surface area (Å²) in [6.07, 6.45) is 3.30. The highest BCUT2D eigenvalue weighted by molar-refractivity contribution is 9.10. The van der Waals surface area contributed by atoms with Crippen molar-refractivity contribution in [1.29, 1.82) is 0 Å². The first-order valence-corrected chi connectivity index (χ1v) is 9.40. The number of amides is 1. The van der Waals surface area contributed by atoms with E-state index in [1.807, 2.05) is 0 Å². The zero-order chi connectivity index (χ0) is 15.0. The minimum atomic E-state index is -3.88. The second kappa shape index (κ2) is 5.66. The Hall–Kier alpha value is -0.590. The summed E-state index contributed by atoms with van der Waals surface area (Å²) >= 11 is 3.11. The fourth-order valence-corrected chi connectivity index (χ4v) is 4.15. The van der Waals surface area contributed by atoms with Crippen LogP contribution in [0.3, 0.4) is 0 Å². The van der Waals surface area contributed by atoms with Crippen LogP contribution >= 0.6 is 26.6 Å². The normalized spacial score (nSPS) is 16.8.